The molecule has 3 heterocycles. The minimum Gasteiger partial charge on any atom is -0.512 e. The van der Waals surface area contributed by atoms with Crippen LogP contribution in [-0.4, -0.2) is 50.6 Å². The first-order valence-electron chi connectivity index (χ1n) is 10.7. The highest BCUT2D eigenvalue weighted by Crippen LogP contribution is 2.54. The second-order valence-corrected chi connectivity index (χ2v) is 8.70. The number of aromatic hydroxyl groups is 1. The van der Waals surface area contributed by atoms with Gasteiger partial charge >= 0.3 is 11.6 Å². The maximum atomic E-state index is 13.7. The first-order chi connectivity index (χ1) is 16.3. The van der Waals surface area contributed by atoms with E-state index in [9.17, 15) is 29.7 Å². The molecule has 0 saturated carbocycles. The van der Waals surface area contributed by atoms with Crippen LogP contribution in [0, 0.1) is 0 Å². The van der Waals surface area contributed by atoms with Gasteiger partial charge in [-0.3, -0.25) is 9.59 Å². The molecule has 3 aliphatic rings. The van der Waals surface area contributed by atoms with E-state index in [1.807, 2.05) is 0 Å². The molecule has 0 radical (unpaired) electrons. The number of hydrogen-bond donors (Lipinski definition) is 3. The van der Waals surface area contributed by atoms with Gasteiger partial charge in [0.2, 0.25) is 5.78 Å². The fraction of sp³-hybridized carbons (Fsp3) is 0.292. The Kier molecular flexibility index (Phi) is 4.07. The summed E-state index contributed by atoms with van der Waals surface area (Å²) in [5.74, 6) is -2.23. The number of aliphatic hydroxyl groups excluding tert-OH is 2. The summed E-state index contributed by atoms with van der Waals surface area (Å²) in [4.78, 5) is 38.4. The van der Waals surface area contributed by atoms with Gasteiger partial charge in [-0.15, -0.1) is 0 Å². The van der Waals surface area contributed by atoms with Gasteiger partial charge in [-0.05, 0) is 24.1 Å². The number of benzene rings is 2. The van der Waals surface area contributed by atoms with Crippen molar-refractivity contribution >= 4 is 22.7 Å². The average Bonchev–Trinajstić information content (AvgIpc) is 3.12. The zero-order valence-corrected chi connectivity index (χ0v) is 18.0. The lowest BCUT2D eigenvalue weighted by atomic mass is 9.71. The molecule has 0 amide bonds. The fourth-order valence-electron chi connectivity index (χ4n) is 5.40. The number of para-hydroxylation sites is 1. The zero-order valence-electron chi connectivity index (χ0n) is 18.0. The van der Waals surface area contributed by atoms with Gasteiger partial charge in [0, 0.05) is 17.5 Å². The predicted molar refractivity (Wildman–Crippen MR) is 116 cm³/mol. The summed E-state index contributed by atoms with van der Waals surface area (Å²) >= 11 is 0. The third-order valence-electron chi connectivity index (χ3n) is 6.90. The van der Waals surface area contributed by atoms with Crippen LogP contribution in [0.2, 0.25) is 0 Å². The molecule has 0 saturated heterocycles. The molecule has 0 spiro atoms. The molecule has 0 unspecified atom stereocenters. The first kappa shape index (κ1) is 20.5. The lowest BCUT2D eigenvalue weighted by Crippen LogP contribution is -2.57. The van der Waals surface area contributed by atoms with Gasteiger partial charge in [0.05, 0.1) is 42.7 Å². The molecule has 0 bridgehead atoms. The Morgan fingerprint density at radius 1 is 1.26 bits per heavy atom. The van der Waals surface area contributed by atoms with Gasteiger partial charge in [-0.2, -0.15) is 0 Å². The summed E-state index contributed by atoms with van der Waals surface area (Å²) in [6.07, 6.45) is -1.78. The quantitative estimate of drug-likeness (QED) is 0.379. The van der Waals surface area contributed by atoms with Gasteiger partial charge in [0.1, 0.15) is 22.8 Å². The van der Waals surface area contributed by atoms with Gasteiger partial charge in [-0.1, -0.05) is 12.1 Å². The molecular weight excluding hydrogens is 446 g/mol. The Hall–Kier alpha value is -4.05. The van der Waals surface area contributed by atoms with Crippen molar-refractivity contribution in [1.82, 2.24) is 4.74 Å². The summed E-state index contributed by atoms with van der Waals surface area (Å²) in [6, 6.07) is 6.40. The van der Waals surface area contributed by atoms with Gasteiger partial charge < -0.3 is 29.3 Å². The Balaban J connectivity index is 1.69. The van der Waals surface area contributed by atoms with Crippen LogP contribution in [0.15, 0.2) is 44.9 Å². The number of fused-ring (bicyclic) bond motifs is 5. The van der Waals surface area contributed by atoms with Crippen LogP contribution in [-0.2, 0) is 16.1 Å². The van der Waals surface area contributed by atoms with Crippen LogP contribution in [0.1, 0.15) is 35.2 Å². The van der Waals surface area contributed by atoms with Crippen LogP contribution in [0.5, 0.6) is 11.5 Å². The van der Waals surface area contributed by atoms with E-state index >= 15 is 0 Å². The van der Waals surface area contributed by atoms with Crippen LogP contribution in [0.25, 0.3) is 22.0 Å². The number of hydrogen-bond acceptors (Lipinski definition) is 9. The number of rotatable bonds is 2. The average molecular weight is 465 g/mol. The fourth-order valence-corrected chi connectivity index (χ4v) is 5.40. The molecule has 2 aromatic carbocycles. The Bertz CT molecular complexity index is 1530. The second kappa shape index (κ2) is 6.73. The molecule has 0 fully saturated rings. The maximum absolute atomic E-state index is 13.7. The van der Waals surface area contributed by atoms with Crippen molar-refractivity contribution in [3.63, 3.8) is 0 Å². The first-order valence-corrected chi connectivity index (χ1v) is 10.7. The highest BCUT2D eigenvalue weighted by molar-refractivity contribution is 6.17. The number of ether oxygens (including phenoxy) is 2. The number of carbonyl (C=O) groups is 2. The highest BCUT2D eigenvalue weighted by atomic mass is 16.5. The number of carbonyl (C=O) groups excluding carboxylic acids is 2. The van der Waals surface area contributed by atoms with E-state index in [2.05, 4.69) is 0 Å². The van der Waals surface area contributed by atoms with E-state index in [0.29, 0.717) is 27.6 Å². The van der Waals surface area contributed by atoms with Crippen molar-refractivity contribution in [3.8, 4) is 22.6 Å². The minimum atomic E-state index is -1.90. The van der Waals surface area contributed by atoms with Crippen molar-refractivity contribution in [2.45, 2.75) is 37.5 Å². The number of esters is 1. The number of allylic oxidation sites excluding steroid dienone is 1. The van der Waals surface area contributed by atoms with Crippen molar-refractivity contribution in [3.05, 3.63) is 57.1 Å². The number of nitrogens with zero attached hydrogens (tertiary/aromatic N) is 1. The molecule has 3 aromatic rings. The van der Waals surface area contributed by atoms with Crippen molar-refractivity contribution in [2.75, 3.05) is 7.11 Å². The molecule has 2 aliphatic heterocycles. The molecule has 174 valence electrons. The lowest BCUT2D eigenvalue weighted by Gasteiger charge is -2.45. The minimum absolute atomic E-state index is 0.0101. The summed E-state index contributed by atoms with van der Waals surface area (Å²) in [7, 11) is 1.17. The molecule has 10 nitrogen and oxygen atoms in total. The standard InChI is InChI=1S/C24H19NO9/c1-32-16(29)8-24-15(28)6-5-13(26)19(24)21(30)18-14(27)7-10-9-25-20-11(17(10)22(18)33-24)3-2-4-12(20)23(31)34-25/h2-4,7,15,26-28H,5-6,8-9H2,1H3/t15-,24-/m0/s1. The van der Waals surface area contributed by atoms with Crippen molar-refractivity contribution in [2.24, 2.45) is 0 Å². The molecule has 34 heavy (non-hydrogen) atoms. The van der Waals surface area contributed by atoms with Crippen LogP contribution in [0.4, 0.5) is 0 Å². The van der Waals surface area contributed by atoms with Crippen LogP contribution >= 0.6 is 0 Å². The van der Waals surface area contributed by atoms with Gasteiger partial charge in [0.25, 0.3) is 0 Å². The summed E-state index contributed by atoms with van der Waals surface area (Å²) < 4.78 is 17.9. The van der Waals surface area contributed by atoms with Gasteiger partial charge in [0.15, 0.2) is 5.60 Å². The molecule has 1 aliphatic carbocycles. The van der Waals surface area contributed by atoms with E-state index in [4.69, 9.17) is 14.0 Å². The SMILES string of the molecule is COC(=O)C[C@@]12Oc3c(c(O)cc4c3-c3cccc5c(=O)on(c35)C4)C(=O)C1=C(O)CC[C@@H]2O. The third kappa shape index (κ3) is 2.45. The number of Topliss-reactive ketones (excluding diaryl/α,β-unsaturated/α-hetero) is 1. The molecule has 3 N–H and O–H groups in total. The van der Waals surface area contributed by atoms with E-state index < -0.39 is 41.3 Å². The monoisotopic (exact) mass is 465 g/mol. The van der Waals surface area contributed by atoms with Crippen molar-refractivity contribution < 1.29 is 38.9 Å². The van der Waals surface area contributed by atoms with E-state index in [0.717, 1.165) is 0 Å². The Labute approximate surface area is 191 Å². The summed E-state index contributed by atoms with van der Waals surface area (Å²) in [5.41, 5.74) is -0.906. The highest BCUT2D eigenvalue weighted by Gasteiger charge is 2.57. The second-order valence-electron chi connectivity index (χ2n) is 8.70. The number of methoxy groups -OCH3 is 1. The van der Waals surface area contributed by atoms with Crippen LogP contribution in [0.3, 0.4) is 0 Å². The summed E-state index contributed by atoms with van der Waals surface area (Å²) in [5, 5.41) is 32.8. The number of phenols is 1. The number of aromatic nitrogens is 1. The normalized spacial score (nSPS) is 22.6. The Morgan fingerprint density at radius 3 is 2.82 bits per heavy atom. The third-order valence-corrected chi connectivity index (χ3v) is 6.90. The molecule has 2 atom stereocenters. The van der Waals surface area contributed by atoms with Crippen molar-refractivity contribution in [1.29, 1.82) is 0 Å². The molecular formula is C24H19NO9. The molecule has 6 rings (SSSR count). The number of aliphatic hydroxyl groups is 2. The van der Waals surface area contributed by atoms with Gasteiger partial charge in [-0.25, -0.2) is 9.53 Å². The largest absolute Gasteiger partial charge is 0.512 e. The van der Waals surface area contributed by atoms with E-state index in [1.165, 1.54) is 17.9 Å². The van der Waals surface area contributed by atoms with Crippen LogP contribution < -0.4 is 10.4 Å². The number of phenolic OH excluding ortho intramolecular Hbond substituents is 1. The molecule has 10 heteroatoms. The maximum Gasteiger partial charge on any atom is 0.365 e. The summed E-state index contributed by atoms with van der Waals surface area (Å²) in [6.45, 7) is 0.0873. The Morgan fingerprint density at radius 2 is 2.06 bits per heavy atom. The zero-order chi connectivity index (χ0) is 23.9. The topological polar surface area (TPSA) is 148 Å². The smallest absolute Gasteiger partial charge is 0.365 e. The number of ketones is 1. The van der Waals surface area contributed by atoms with E-state index in [1.54, 1.807) is 18.2 Å². The predicted octanol–water partition coefficient (Wildman–Crippen LogP) is 2.17. The lowest BCUT2D eigenvalue weighted by molar-refractivity contribution is -0.148. The molecule has 1 aromatic heterocycles. The van der Waals surface area contributed by atoms with E-state index in [-0.39, 0.29) is 42.0 Å².